The van der Waals surface area contributed by atoms with Crippen LogP contribution in [0.15, 0.2) is 42.5 Å². The minimum Gasteiger partial charge on any atom is -0.350 e. The van der Waals surface area contributed by atoms with Gasteiger partial charge in [-0.05, 0) is 59.6 Å². The number of nitrogens with one attached hydrogen (secondary N) is 1. The van der Waals surface area contributed by atoms with Gasteiger partial charge in [0.05, 0.1) is 6.42 Å². The van der Waals surface area contributed by atoms with Crippen LogP contribution in [0.2, 0.25) is 0 Å². The van der Waals surface area contributed by atoms with Gasteiger partial charge in [0.25, 0.3) is 0 Å². The molecule has 2 aromatic rings. The number of amides is 2. The number of carbonyl (C=O) groups is 2. The predicted molar refractivity (Wildman–Crippen MR) is 119 cm³/mol. The molecule has 0 aliphatic rings. The third-order valence-electron chi connectivity index (χ3n) is 4.74. The van der Waals surface area contributed by atoms with E-state index in [1.165, 1.54) is 0 Å². The Morgan fingerprint density at radius 3 is 2.07 bits per heavy atom. The molecule has 4 heteroatoms. The lowest BCUT2D eigenvalue weighted by Crippen LogP contribution is -2.52. The van der Waals surface area contributed by atoms with E-state index in [9.17, 15) is 9.59 Å². The first-order chi connectivity index (χ1) is 13.4. The molecule has 0 saturated heterocycles. The monoisotopic (exact) mass is 394 g/mol. The zero-order valence-electron chi connectivity index (χ0n) is 18.8. The van der Waals surface area contributed by atoms with Gasteiger partial charge in [-0.3, -0.25) is 9.59 Å². The first-order valence-electron chi connectivity index (χ1n) is 10.2. The van der Waals surface area contributed by atoms with Crippen molar-refractivity contribution in [3.63, 3.8) is 0 Å². The molecule has 156 valence electrons. The van der Waals surface area contributed by atoms with Crippen molar-refractivity contribution in [3.05, 3.63) is 70.3 Å². The van der Waals surface area contributed by atoms with Gasteiger partial charge in [-0.2, -0.15) is 0 Å². The van der Waals surface area contributed by atoms with Gasteiger partial charge in [-0.25, -0.2) is 0 Å². The zero-order valence-corrected chi connectivity index (χ0v) is 18.8. The summed E-state index contributed by atoms with van der Waals surface area (Å²) in [7, 11) is 0. The molecule has 1 atom stereocenters. The van der Waals surface area contributed by atoms with Gasteiger partial charge < -0.3 is 10.2 Å². The SMILES string of the molecule is Cc1cc(C)cc(CC(=O)N(Cc2cccc(C)c2)[C@@H](C)C(=O)NC(C)(C)C)c1. The molecular formula is C25H34N2O2. The fourth-order valence-corrected chi connectivity index (χ4v) is 3.51. The second-order valence-electron chi connectivity index (χ2n) is 9.10. The van der Waals surface area contributed by atoms with E-state index >= 15 is 0 Å². The molecule has 0 saturated carbocycles. The Morgan fingerprint density at radius 2 is 1.52 bits per heavy atom. The molecule has 29 heavy (non-hydrogen) atoms. The van der Waals surface area contributed by atoms with Crippen molar-refractivity contribution in [2.24, 2.45) is 0 Å². The zero-order chi connectivity index (χ0) is 21.8. The minimum atomic E-state index is -0.562. The van der Waals surface area contributed by atoms with Crippen LogP contribution in [0.3, 0.4) is 0 Å². The number of nitrogens with zero attached hydrogens (tertiary/aromatic N) is 1. The highest BCUT2D eigenvalue weighted by molar-refractivity contribution is 5.88. The van der Waals surface area contributed by atoms with Gasteiger partial charge in [0.15, 0.2) is 0 Å². The lowest BCUT2D eigenvalue weighted by Gasteiger charge is -2.31. The molecule has 2 rings (SSSR count). The van der Waals surface area contributed by atoms with E-state index in [2.05, 4.69) is 17.4 Å². The minimum absolute atomic E-state index is 0.0481. The van der Waals surface area contributed by atoms with Gasteiger partial charge >= 0.3 is 0 Å². The summed E-state index contributed by atoms with van der Waals surface area (Å²) in [5.41, 5.74) is 5.06. The van der Waals surface area contributed by atoms with Crippen molar-refractivity contribution in [3.8, 4) is 0 Å². The van der Waals surface area contributed by atoms with E-state index in [0.29, 0.717) is 6.54 Å². The largest absolute Gasteiger partial charge is 0.350 e. The van der Waals surface area contributed by atoms with Crippen molar-refractivity contribution < 1.29 is 9.59 Å². The maximum atomic E-state index is 13.3. The highest BCUT2D eigenvalue weighted by Gasteiger charge is 2.28. The fraction of sp³-hybridized carbons (Fsp3) is 0.440. The molecule has 2 amide bonds. The Hall–Kier alpha value is -2.62. The topological polar surface area (TPSA) is 49.4 Å². The molecule has 2 aromatic carbocycles. The van der Waals surface area contributed by atoms with Crippen LogP contribution in [0, 0.1) is 20.8 Å². The molecule has 0 spiro atoms. The summed E-state index contributed by atoms with van der Waals surface area (Å²) in [6.07, 6.45) is 0.279. The summed E-state index contributed by atoms with van der Waals surface area (Å²) in [4.78, 5) is 27.8. The smallest absolute Gasteiger partial charge is 0.242 e. The predicted octanol–water partition coefficient (Wildman–Crippen LogP) is 4.49. The molecule has 0 heterocycles. The highest BCUT2D eigenvalue weighted by atomic mass is 16.2. The Morgan fingerprint density at radius 1 is 0.931 bits per heavy atom. The third kappa shape index (κ3) is 7.04. The molecule has 4 nitrogen and oxygen atoms in total. The summed E-state index contributed by atoms with van der Waals surface area (Å²) in [6, 6.07) is 13.7. The number of rotatable bonds is 6. The van der Waals surface area contributed by atoms with E-state index < -0.39 is 6.04 Å². The van der Waals surface area contributed by atoms with E-state index in [-0.39, 0.29) is 23.8 Å². The van der Waals surface area contributed by atoms with E-state index in [1.54, 1.807) is 11.8 Å². The first-order valence-corrected chi connectivity index (χ1v) is 10.2. The number of carbonyl (C=O) groups excluding carboxylic acids is 2. The second kappa shape index (κ2) is 9.25. The van der Waals surface area contributed by atoms with Crippen LogP contribution < -0.4 is 5.32 Å². The quantitative estimate of drug-likeness (QED) is 0.785. The second-order valence-corrected chi connectivity index (χ2v) is 9.10. The maximum Gasteiger partial charge on any atom is 0.242 e. The lowest BCUT2D eigenvalue weighted by atomic mass is 10.0. The van der Waals surface area contributed by atoms with E-state index in [1.807, 2.05) is 71.9 Å². The van der Waals surface area contributed by atoms with E-state index in [4.69, 9.17) is 0 Å². The van der Waals surface area contributed by atoms with Crippen LogP contribution in [0.25, 0.3) is 0 Å². The van der Waals surface area contributed by atoms with Crippen LogP contribution in [0.5, 0.6) is 0 Å². The van der Waals surface area contributed by atoms with Crippen LogP contribution in [0.4, 0.5) is 0 Å². The molecule has 0 aliphatic carbocycles. The van der Waals surface area contributed by atoms with E-state index in [0.717, 1.165) is 27.8 Å². The molecule has 0 fully saturated rings. The normalized spacial score (nSPS) is 12.4. The molecule has 1 N–H and O–H groups in total. The number of aryl methyl sites for hydroxylation is 3. The Labute approximate surface area is 175 Å². The number of hydrogen-bond donors (Lipinski definition) is 1. The summed E-state index contributed by atoms with van der Waals surface area (Å²) in [6.45, 7) is 14.1. The Kier molecular flexibility index (Phi) is 7.23. The van der Waals surface area contributed by atoms with Gasteiger partial charge in [0.1, 0.15) is 6.04 Å². The summed E-state index contributed by atoms with van der Waals surface area (Å²) < 4.78 is 0. The first kappa shape index (κ1) is 22.7. The highest BCUT2D eigenvalue weighted by Crippen LogP contribution is 2.16. The van der Waals surface area contributed by atoms with Gasteiger partial charge in [0, 0.05) is 12.1 Å². The molecule has 0 unspecified atom stereocenters. The van der Waals surface area contributed by atoms with Crippen molar-refractivity contribution in [2.75, 3.05) is 0 Å². The van der Waals surface area contributed by atoms with Crippen LogP contribution >= 0.6 is 0 Å². The molecule has 0 radical (unpaired) electrons. The fourth-order valence-electron chi connectivity index (χ4n) is 3.51. The van der Waals surface area contributed by atoms with Crippen LogP contribution in [0.1, 0.15) is 55.5 Å². The van der Waals surface area contributed by atoms with Gasteiger partial charge in [0.2, 0.25) is 11.8 Å². The average Bonchev–Trinajstić information content (AvgIpc) is 2.56. The average molecular weight is 395 g/mol. The lowest BCUT2D eigenvalue weighted by molar-refractivity contribution is -0.140. The summed E-state index contributed by atoms with van der Waals surface area (Å²) >= 11 is 0. The van der Waals surface area contributed by atoms with Crippen LogP contribution in [-0.4, -0.2) is 28.3 Å². The Bertz CT molecular complexity index is 860. The molecule has 0 aromatic heterocycles. The van der Waals surface area contributed by atoms with Crippen molar-refractivity contribution in [1.82, 2.24) is 10.2 Å². The number of hydrogen-bond acceptors (Lipinski definition) is 2. The maximum absolute atomic E-state index is 13.3. The molecular weight excluding hydrogens is 360 g/mol. The van der Waals surface area contributed by atoms with Gasteiger partial charge in [-0.15, -0.1) is 0 Å². The van der Waals surface area contributed by atoms with Gasteiger partial charge in [-0.1, -0.05) is 59.2 Å². The Balaban J connectivity index is 2.29. The number of benzene rings is 2. The van der Waals surface area contributed by atoms with Crippen molar-refractivity contribution in [1.29, 1.82) is 0 Å². The van der Waals surface area contributed by atoms with Crippen LogP contribution in [-0.2, 0) is 22.6 Å². The van der Waals surface area contributed by atoms with Crippen molar-refractivity contribution >= 4 is 11.8 Å². The third-order valence-corrected chi connectivity index (χ3v) is 4.74. The molecule has 0 aliphatic heterocycles. The standard InChI is InChI=1S/C25H34N2O2/c1-17-9-8-10-21(12-17)16-27(20(4)24(29)26-25(5,6)7)23(28)15-22-13-18(2)11-19(3)14-22/h8-14,20H,15-16H2,1-7H3,(H,26,29)/t20-/m0/s1. The summed E-state index contributed by atoms with van der Waals surface area (Å²) in [5.74, 6) is -0.188. The van der Waals surface area contributed by atoms with Crippen molar-refractivity contribution in [2.45, 2.75) is 73.0 Å². The summed E-state index contributed by atoms with van der Waals surface area (Å²) in [5, 5.41) is 3.00. The molecule has 0 bridgehead atoms.